The van der Waals surface area contributed by atoms with Gasteiger partial charge >= 0.3 is 0 Å². The molecule has 2 aromatic carbocycles. The van der Waals surface area contributed by atoms with Gasteiger partial charge in [-0.1, -0.05) is 12.1 Å². The lowest BCUT2D eigenvalue weighted by molar-refractivity contribution is 0.0820. The van der Waals surface area contributed by atoms with Crippen LogP contribution in [-0.2, 0) is 18.3 Å². The van der Waals surface area contributed by atoms with E-state index in [1.807, 2.05) is 43.3 Å². The first-order valence-corrected chi connectivity index (χ1v) is 11.5. The standard InChI is InChI=1S/C26H32N6O2/c1-16(27)14-26(25-28-15-29-30-25)21-10-8-19(23(33)31(2)3)12-17(21)6-7-18-13-20(9-11-22(18)26)24(34)32(4)5/h8-13,15-16H,6-7,14,27H2,1-5H3,(H,28,29,30)/t16-/m0/s1. The van der Waals surface area contributed by atoms with E-state index in [2.05, 4.69) is 15.2 Å². The summed E-state index contributed by atoms with van der Waals surface area (Å²) in [7, 11) is 7.01. The summed E-state index contributed by atoms with van der Waals surface area (Å²) in [5, 5.41) is 8.56. The third-order valence-electron chi connectivity index (χ3n) is 6.55. The summed E-state index contributed by atoms with van der Waals surface area (Å²) in [5.41, 5.74) is 11.3. The van der Waals surface area contributed by atoms with Crippen molar-refractivity contribution in [3.8, 4) is 0 Å². The minimum Gasteiger partial charge on any atom is -0.345 e. The number of nitrogens with one attached hydrogen (secondary N) is 1. The van der Waals surface area contributed by atoms with Crippen molar-refractivity contribution in [3.63, 3.8) is 0 Å². The number of hydrogen-bond donors (Lipinski definition) is 2. The van der Waals surface area contributed by atoms with Crippen LogP contribution in [-0.4, -0.2) is 71.0 Å². The van der Waals surface area contributed by atoms with Crippen molar-refractivity contribution in [1.82, 2.24) is 25.0 Å². The minimum absolute atomic E-state index is 0.0408. The number of fused-ring (bicyclic) bond motifs is 2. The van der Waals surface area contributed by atoms with Crippen molar-refractivity contribution < 1.29 is 9.59 Å². The molecular formula is C26H32N6O2. The molecule has 0 aliphatic heterocycles. The highest BCUT2D eigenvalue weighted by Gasteiger charge is 2.44. The zero-order chi connectivity index (χ0) is 24.6. The zero-order valence-corrected chi connectivity index (χ0v) is 20.4. The smallest absolute Gasteiger partial charge is 0.253 e. The van der Waals surface area contributed by atoms with Gasteiger partial charge in [0.2, 0.25) is 0 Å². The molecule has 8 heteroatoms. The predicted molar refractivity (Wildman–Crippen MR) is 131 cm³/mol. The Bertz CT molecular complexity index is 1140. The molecule has 8 nitrogen and oxygen atoms in total. The lowest BCUT2D eigenvalue weighted by atomic mass is 9.68. The summed E-state index contributed by atoms with van der Waals surface area (Å²) in [4.78, 5) is 31.9. The van der Waals surface area contributed by atoms with Gasteiger partial charge in [0.25, 0.3) is 11.8 Å². The first kappa shape index (κ1) is 23.6. The van der Waals surface area contributed by atoms with Crippen LogP contribution in [0.15, 0.2) is 42.7 Å². The molecule has 0 spiro atoms. The molecule has 3 N–H and O–H groups in total. The summed E-state index contributed by atoms with van der Waals surface area (Å²) in [6, 6.07) is 11.7. The van der Waals surface area contributed by atoms with Crippen LogP contribution in [0.25, 0.3) is 0 Å². The van der Waals surface area contributed by atoms with Crippen molar-refractivity contribution in [3.05, 3.63) is 81.9 Å². The molecule has 1 aliphatic rings. The summed E-state index contributed by atoms with van der Waals surface area (Å²) < 4.78 is 0. The normalized spacial score (nSPS) is 15.0. The molecule has 1 heterocycles. The molecule has 0 saturated heterocycles. The van der Waals surface area contributed by atoms with Gasteiger partial charge in [-0.3, -0.25) is 9.59 Å². The van der Waals surface area contributed by atoms with Gasteiger partial charge in [-0.15, -0.1) is 10.2 Å². The van der Waals surface area contributed by atoms with Crippen molar-refractivity contribution >= 4 is 11.8 Å². The van der Waals surface area contributed by atoms with Gasteiger partial charge in [-0.05, 0) is 72.7 Å². The van der Waals surface area contributed by atoms with Gasteiger partial charge < -0.3 is 20.5 Å². The molecular weight excluding hydrogens is 428 g/mol. The molecule has 1 aliphatic carbocycles. The van der Waals surface area contributed by atoms with Crippen molar-refractivity contribution in [1.29, 1.82) is 0 Å². The predicted octanol–water partition coefficient (Wildman–Crippen LogP) is 2.38. The molecule has 0 radical (unpaired) electrons. The number of H-pyrrole nitrogens is 1. The molecule has 1 atom stereocenters. The van der Waals surface area contributed by atoms with Gasteiger partial charge in [-0.25, -0.2) is 0 Å². The SMILES string of the molecule is C[C@H](N)CC1(c2nnc[nH]2)c2ccc(C(=O)N(C)C)cc2CCc2cc(C(=O)N(C)C)ccc21. The third-order valence-corrected chi connectivity index (χ3v) is 6.55. The van der Waals surface area contributed by atoms with Gasteiger partial charge in [0.05, 0.1) is 5.41 Å². The number of nitrogens with zero attached hydrogens (tertiary/aromatic N) is 4. The first-order valence-electron chi connectivity index (χ1n) is 11.5. The maximum Gasteiger partial charge on any atom is 0.253 e. The second kappa shape index (κ2) is 9.02. The van der Waals surface area contributed by atoms with Gasteiger partial charge in [0, 0.05) is 45.4 Å². The monoisotopic (exact) mass is 460 g/mol. The Morgan fingerprint density at radius 1 is 0.971 bits per heavy atom. The largest absolute Gasteiger partial charge is 0.345 e. The number of aromatic nitrogens is 3. The molecule has 0 bridgehead atoms. The van der Waals surface area contributed by atoms with Crippen LogP contribution >= 0.6 is 0 Å². The number of carbonyl (C=O) groups excluding carboxylic acids is 2. The van der Waals surface area contributed by atoms with E-state index in [1.165, 1.54) is 0 Å². The van der Waals surface area contributed by atoms with Crippen molar-refractivity contribution in [2.75, 3.05) is 28.2 Å². The minimum atomic E-state index is -0.689. The van der Waals surface area contributed by atoms with E-state index in [1.54, 1.807) is 44.3 Å². The van der Waals surface area contributed by atoms with Crippen molar-refractivity contribution in [2.24, 2.45) is 5.73 Å². The number of aromatic amines is 1. The van der Waals surface area contributed by atoms with E-state index in [9.17, 15) is 9.59 Å². The molecule has 34 heavy (non-hydrogen) atoms. The van der Waals surface area contributed by atoms with Crippen LogP contribution in [0.4, 0.5) is 0 Å². The topological polar surface area (TPSA) is 108 Å². The van der Waals surface area contributed by atoms with E-state index in [-0.39, 0.29) is 17.9 Å². The number of benzene rings is 2. The second-order valence-corrected chi connectivity index (χ2v) is 9.57. The van der Waals surface area contributed by atoms with E-state index >= 15 is 0 Å². The molecule has 4 rings (SSSR count). The van der Waals surface area contributed by atoms with E-state index < -0.39 is 5.41 Å². The number of hydrogen-bond acceptors (Lipinski definition) is 5. The lowest BCUT2D eigenvalue weighted by Crippen LogP contribution is -2.38. The maximum absolute atomic E-state index is 12.7. The average Bonchev–Trinajstić information content (AvgIpc) is 3.31. The summed E-state index contributed by atoms with van der Waals surface area (Å²) in [5.74, 6) is 0.620. The number of aryl methyl sites for hydroxylation is 2. The number of nitrogens with two attached hydrogens (primary N) is 1. The van der Waals surface area contributed by atoms with E-state index in [0.29, 0.717) is 23.4 Å². The van der Waals surface area contributed by atoms with E-state index in [4.69, 9.17) is 5.73 Å². The molecule has 2 amide bonds. The number of rotatable bonds is 5. The molecule has 0 unspecified atom stereocenters. The molecule has 178 valence electrons. The van der Waals surface area contributed by atoms with Gasteiger partial charge in [0.15, 0.2) is 0 Å². The summed E-state index contributed by atoms with van der Waals surface area (Å²) in [6.07, 6.45) is 3.62. The fraction of sp³-hybridized carbons (Fsp3) is 0.385. The van der Waals surface area contributed by atoms with Gasteiger partial charge in [-0.2, -0.15) is 0 Å². The third kappa shape index (κ3) is 3.98. The number of amides is 2. The zero-order valence-electron chi connectivity index (χ0n) is 20.4. The Morgan fingerprint density at radius 2 is 1.47 bits per heavy atom. The van der Waals surface area contributed by atoms with Crippen LogP contribution < -0.4 is 5.73 Å². The van der Waals surface area contributed by atoms with Crippen molar-refractivity contribution in [2.45, 2.75) is 37.6 Å². The highest BCUT2D eigenvalue weighted by Crippen LogP contribution is 2.46. The Kier molecular flexibility index (Phi) is 6.27. The average molecular weight is 461 g/mol. The molecule has 3 aromatic rings. The second-order valence-electron chi connectivity index (χ2n) is 9.57. The Balaban J connectivity index is 2.00. The Hall–Kier alpha value is -3.52. The molecule has 1 aromatic heterocycles. The van der Waals surface area contributed by atoms with Crippen LogP contribution in [0.3, 0.4) is 0 Å². The van der Waals surface area contributed by atoms with Gasteiger partial charge in [0.1, 0.15) is 12.2 Å². The Labute approximate surface area is 200 Å². The number of carbonyl (C=O) groups is 2. The van der Waals surface area contributed by atoms with E-state index in [0.717, 1.165) is 35.1 Å². The molecule has 0 saturated carbocycles. The Morgan fingerprint density at radius 3 is 1.85 bits per heavy atom. The lowest BCUT2D eigenvalue weighted by Gasteiger charge is -2.36. The van der Waals surface area contributed by atoms with Crippen LogP contribution in [0, 0.1) is 0 Å². The van der Waals surface area contributed by atoms with Crippen LogP contribution in [0.1, 0.15) is 62.1 Å². The first-order chi connectivity index (χ1) is 16.1. The summed E-state index contributed by atoms with van der Waals surface area (Å²) >= 11 is 0. The summed E-state index contributed by atoms with van der Waals surface area (Å²) in [6.45, 7) is 1.98. The highest BCUT2D eigenvalue weighted by molar-refractivity contribution is 5.95. The fourth-order valence-electron chi connectivity index (χ4n) is 5.10. The van der Waals surface area contributed by atoms with Crippen LogP contribution in [0.2, 0.25) is 0 Å². The fourth-order valence-corrected chi connectivity index (χ4v) is 5.10. The maximum atomic E-state index is 12.7. The molecule has 0 fully saturated rings. The highest BCUT2D eigenvalue weighted by atomic mass is 16.2. The van der Waals surface area contributed by atoms with Crippen LogP contribution in [0.5, 0.6) is 0 Å². The quantitative estimate of drug-likeness (QED) is 0.608.